The number of amides is 1. The van der Waals surface area contributed by atoms with E-state index in [4.69, 9.17) is 14.2 Å². The Bertz CT molecular complexity index is 905. The van der Waals surface area contributed by atoms with Crippen LogP contribution in [0.15, 0.2) is 30.3 Å². The zero-order chi connectivity index (χ0) is 20.8. The summed E-state index contributed by atoms with van der Waals surface area (Å²) < 4.78 is 14.6. The predicted octanol–water partition coefficient (Wildman–Crippen LogP) is 2.87. The van der Waals surface area contributed by atoms with Crippen LogP contribution in [0.25, 0.3) is 0 Å². The first-order valence-corrected chi connectivity index (χ1v) is 8.94. The van der Waals surface area contributed by atoms with E-state index in [-0.39, 0.29) is 15.4 Å². The number of carbonyl (C=O) groups is 4. The molecule has 0 aliphatic rings. The van der Waals surface area contributed by atoms with Crippen molar-refractivity contribution in [2.45, 2.75) is 20.0 Å². The average molecular weight is 405 g/mol. The first-order valence-electron chi connectivity index (χ1n) is 8.13. The van der Waals surface area contributed by atoms with Crippen molar-refractivity contribution in [2.24, 2.45) is 0 Å². The average Bonchev–Trinajstić information content (AvgIpc) is 3.01. The summed E-state index contributed by atoms with van der Waals surface area (Å²) in [6, 6.07) is 8.42. The first kappa shape index (κ1) is 21.1. The second-order valence-electron chi connectivity index (χ2n) is 5.63. The molecule has 0 aliphatic heterocycles. The highest BCUT2D eigenvalue weighted by Crippen LogP contribution is 2.35. The lowest BCUT2D eigenvalue weighted by molar-refractivity contribution is -0.152. The monoisotopic (exact) mass is 405 g/mol. The quantitative estimate of drug-likeness (QED) is 0.581. The van der Waals surface area contributed by atoms with E-state index in [1.807, 2.05) is 0 Å². The fourth-order valence-corrected chi connectivity index (χ4v) is 3.60. The number of esters is 3. The van der Waals surface area contributed by atoms with Crippen LogP contribution in [0.3, 0.4) is 0 Å². The molecule has 0 radical (unpaired) electrons. The molecule has 2 aromatic rings. The number of thiophene rings is 1. The lowest BCUT2D eigenvalue weighted by Gasteiger charge is -2.17. The fraction of sp³-hybridized carbons (Fsp3) is 0.263. The minimum Gasteiger partial charge on any atom is -0.465 e. The Kier molecular flexibility index (Phi) is 6.89. The van der Waals surface area contributed by atoms with Gasteiger partial charge in [0.25, 0.3) is 5.91 Å². The molecular weight excluding hydrogens is 386 g/mol. The number of anilines is 1. The molecule has 0 unspecified atom stereocenters. The molecule has 1 N–H and O–H groups in total. The summed E-state index contributed by atoms with van der Waals surface area (Å²) in [5.74, 6) is -2.69. The van der Waals surface area contributed by atoms with Gasteiger partial charge in [-0.2, -0.15) is 0 Å². The first-order chi connectivity index (χ1) is 13.3. The van der Waals surface area contributed by atoms with Gasteiger partial charge in [-0.15, -0.1) is 11.3 Å². The topological polar surface area (TPSA) is 108 Å². The number of benzene rings is 1. The molecule has 1 aromatic carbocycles. The van der Waals surface area contributed by atoms with Crippen LogP contribution in [0.1, 0.15) is 44.2 Å². The maximum absolute atomic E-state index is 12.8. The molecule has 1 heterocycles. The summed E-state index contributed by atoms with van der Waals surface area (Å²) in [4.78, 5) is 48.6. The predicted molar refractivity (Wildman–Crippen MR) is 101 cm³/mol. The smallest absolute Gasteiger partial charge is 0.348 e. The van der Waals surface area contributed by atoms with E-state index in [2.05, 4.69) is 5.32 Å². The number of ether oxygens (including phenoxy) is 3. The van der Waals surface area contributed by atoms with Gasteiger partial charge in [0.05, 0.1) is 19.8 Å². The van der Waals surface area contributed by atoms with E-state index in [9.17, 15) is 19.2 Å². The highest BCUT2D eigenvalue weighted by atomic mass is 32.1. The van der Waals surface area contributed by atoms with Crippen LogP contribution in [0.2, 0.25) is 0 Å². The third-order valence-electron chi connectivity index (χ3n) is 3.77. The Labute approximate surface area is 165 Å². The summed E-state index contributed by atoms with van der Waals surface area (Å²) in [6.07, 6.45) is -1.23. The van der Waals surface area contributed by atoms with Gasteiger partial charge in [0.1, 0.15) is 9.88 Å². The molecule has 0 saturated carbocycles. The molecule has 1 aromatic heterocycles. The van der Waals surface area contributed by atoms with Gasteiger partial charge in [0, 0.05) is 12.5 Å². The van der Waals surface area contributed by atoms with Crippen LogP contribution in [-0.4, -0.2) is 38.0 Å². The van der Waals surface area contributed by atoms with Crippen LogP contribution >= 0.6 is 11.3 Å². The molecule has 0 bridgehead atoms. The van der Waals surface area contributed by atoms with Crippen LogP contribution in [0, 0.1) is 6.92 Å². The molecule has 0 aliphatic carbocycles. The van der Waals surface area contributed by atoms with Gasteiger partial charge in [-0.3, -0.25) is 9.59 Å². The van der Waals surface area contributed by atoms with Crippen molar-refractivity contribution in [1.29, 1.82) is 0 Å². The van der Waals surface area contributed by atoms with Crippen LogP contribution in [0.5, 0.6) is 0 Å². The lowest BCUT2D eigenvalue weighted by Crippen LogP contribution is -2.25. The Morgan fingerprint density at radius 3 is 2.14 bits per heavy atom. The molecule has 1 amide bonds. The second kappa shape index (κ2) is 9.14. The van der Waals surface area contributed by atoms with Crippen molar-refractivity contribution in [3.05, 3.63) is 51.9 Å². The van der Waals surface area contributed by atoms with Crippen molar-refractivity contribution in [3.63, 3.8) is 0 Å². The maximum atomic E-state index is 12.8. The van der Waals surface area contributed by atoms with Gasteiger partial charge in [0.15, 0.2) is 0 Å². The van der Waals surface area contributed by atoms with E-state index < -0.39 is 29.9 Å². The Morgan fingerprint density at radius 1 is 1.00 bits per heavy atom. The minimum atomic E-state index is -1.23. The van der Waals surface area contributed by atoms with Crippen LogP contribution in [0.4, 0.5) is 5.00 Å². The second-order valence-corrected chi connectivity index (χ2v) is 6.65. The van der Waals surface area contributed by atoms with Gasteiger partial charge in [-0.1, -0.05) is 30.3 Å². The number of hydrogen-bond donors (Lipinski definition) is 1. The molecule has 28 heavy (non-hydrogen) atoms. The zero-order valence-corrected chi connectivity index (χ0v) is 16.5. The van der Waals surface area contributed by atoms with Crippen molar-refractivity contribution in [2.75, 3.05) is 19.5 Å². The van der Waals surface area contributed by atoms with Crippen LogP contribution in [-0.2, 0) is 23.8 Å². The molecule has 0 spiro atoms. The minimum absolute atomic E-state index is 0.0379. The van der Waals surface area contributed by atoms with Crippen molar-refractivity contribution >= 4 is 40.2 Å². The highest BCUT2D eigenvalue weighted by molar-refractivity contribution is 7.18. The molecule has 8 nitrogen and oxygen atoms in total. The van der Waals surface area contributed by atoms with Crippen molar-refractivity contribution in [3.8, 4) is 0 Å². The molecule has 148 valence electrons. The molecule has 1 atom stereocenters. The summed E-state index contributed by atoms with van der Waals surface area (Å²) in [6.45, 7) is 2.74. The molecule has 9 heteroatoms. The molecule has 2 rings (SSSR count). The van der Waals surface area contributed by atoms with Gasteiger partial charge < -0.3 is 19.5 Å². The Hall–Kier alpha value is -3.20. The SMILES string of the molecule is COC(=O)c1sc(NC(=O)[C@@H](OC(C)=O)c2ccccc2)c(C(=O)OC)c1C. The third kappa shape index (κ3) is 4.55. The van der Waals surface area contributed by atoms with Crippen molar-refractivity contribution in [1.82, 2.24) is 0 Å². The van der Waals surface area contributed by atoms with E-state index >= 15 is 0 Å². The number of hydrogen-bond acceptors (Lipinski definition) is 8. The van der Waals surface area contributed by atoms with E-state index in [0.717, 1.165) is 11.3 Å². The normalized spacial score (nSPS) is 11.3. The van der Waals surface area contributed by atoms with E-state index in [1.165, 1.54) is 21.1 Å². The summed E-state index contributed by atoms with van der Waals surface area (Å²) >= 11 is 0.875. The van der Waals surface area contributed by atoms with E-state index in [1.54, 1.807) is 37.3 Å². The zero-order valence-electron chi connectivity index (χ0n) is 15.7. The highest BCUT2D eigenvalue weighted by Gasteiger charge is 2.30. The number of carbonyl (C=O) groups excluding carboxylic acids is 4. The Morgan fingerprint density at radius 2 is 1.61 bits per heavy atom. The number of nitrogens with one attached hydrogen (secondary N) is 1. The summed E-state index contributed by atoms with van der Waals surface area (Å²) in [5, 5.41) is 2.66. The Balaban J connectivity index is 2.44. The lowest BCUT2D eigenvalue weighted by atomic mass is 10.1. The van der Waals surface area contributed by atoms with Gasteiger partial charge in [-0.05, 0) is 12.5 Å². The number of rotatable bonds is 6. The summed E-state index contributed by atoms with van der Waals surface area (Å²) in [5.41, 5.74) is 0.815. The fourth-order valence-electron chi connectivity index (χ4n) is 2.48. The van der Waals surface area contributed by atoms with Gasteiger partial charge >= 0.3 is 17.9 Å². The van der Waals surface area contributed by atoms with Crippen LogP contribution < -0.4 is 5.32 Å². The molecule has 0 fully saturated rings. The largest absolute Gasteiger partial charge is 0.465 e. The summed E-state index contributed by atoms with van der Waals surface area (Å²) in [7, 11) is 2.40. The number of methoxy groups -OCH3 is 2. The van der Waals surface area contributed by atoms with Gasteiger partial charge in [0.2, 0.25) is 6.10 Å². The van der Waals surface area contributed by atoms with Crippen molar-refractivity contribution < 1.29 is 33.4 Å². The van der Waals surface area contributed by atoms with E-state index in [0.29, 0.717) is 11.1 Å². The van der Waals surface area contributed by atoms with Gasteiger partial charge in [-0.25, -0.2) is 9.59 Å². The molecule has 0 saturated heterocycles. The third-order valence-corrected chi connectivity index (χ3v) is 4.96. The maximum Gasteiger partial charge on any atom is 0.348 e. The molecular formula is C19H19NO7S. The standard InChI is InChI=1S/C19H19NO7S/c1-10-13(18(23)25-3)17(28-15(10)19(24)26-4)20-16(22)14(27-11(2)21)12-8-6-5-7-9-12/h5-9,14H,1-4H3,(H,20,22)/t14-/m0/s1.